The third kappa shape index (κ3) is 5.21. The SMILES string of the molecule is C1=C(c2ccc(N(c3ccc(-c4ccccc4)cc3)c3ccc(-c4ccc5sc6ccccc6c5c4)cc3)cc2)c2ccccc2CC1. The average molecular weight is 632 g/mol. The number of fused-ring (bicyclic) bond motifs is 4. The fraction of sp³-hybridized carbons (Fsp3) is 0.0435. The van der Waals surface area contributed by atoms with Gasteiger partial charge < -0.3 is 4.90 Å². The minimum atomic E-state index is 1.08. The van der Waals surface area contributed by atoms with Crippen molar-refractivity contribution < 1.29 is 0 Å². The molecule has 1 aromatic heterocycles. The van der Waals surface area contributed by atoms with E-state index in [1.165, 1.54) is 64.7 Å². The van der Waals surface area contributed by atoms with Crippen LogP contribution in [-0.4, -0.2) is 0 Å². The van der Waals surface area contributed by atoms with E-state index in [9.17, 15) is 0 Å². The standard InChI is InChI=1S/C46H33NS/c1-2-9-32(10-3-1)33-17-24-38(25-18-33)47(40-28-21-36(22-29-40)42-15-8-12-35-11-4-5-13-41(35)42)39-26-19-34(20-27-39)37-23-30-46-44(31-37)43-14-6-7-16-45(43)48-46/h1-7,9-11,13-31H,8,12H2. The maximum Gasteiger partial charge on any atom is 0.0462 e. The molecule has 0 aliphatic heterocycles. The normalized spacial score (nSPS) is 12.5. The molecule has 0 bridgehead atoms. The molecule has 0 unspecified atom stereocenters. The van der Waals surface area contributed by atoms with Crippen molar-refractivity contribution in [1.82, 2.24) is 0 Å². The molecule has 0 fully saturated rings. The van der Waals surface area contributed by atoms with Crippen LogP contribution in [0.5, 0.6) is 0 Å². The molecule has 1 aliphatic rings. The highest BCUT2D eigenvalue weighted by molar-refractivity contribution is 7.25. The van der Waals surface area contributed by atoms with Crippen molar-refractivity contribution in [2.75, 3.05) is 4.90 Å². The molecule has 0 spiro atoms. The predicted molar refractivity (Wildman–Crippen MR) is 207 cm³/mol. The molecule has 1 nitrogen and oxygen atoms in total. The summed E-state index contributed by atoms with van der Waals surface area (Å²) in [5.74, 6) is 0. The molecule has 0 saturated heterocycles. The zero-order chi connectivity index (χ0) is 31.9. The molecule has 0 N–H and O–H groups in total. The van der Waals surface area contributed by atoms with E-state index < -0.39 is 0 Å². The van der Waals surface area contributed by atoms with Crippen molar-refractivity contribution in [2.24, 2.45) is 0 Å². The number of anilines is 3. The van der Waals surface area contributed by atoms with E-state index in [1.807, 2.05) is 11.3 Å². The van der Waals surface area contributed by atoms with Crippen LogP contribution in [0.3, 0.4) is 0 Å². The molecule has 9 rings (SSSR count). The molecule has 1 heterocycles. The van der Waals surface area contributed by atoms with Crippen molar-refractivity contribution >= 4 is 54.1 Å². The van der Waals surface area contributed by atoms with E-state index in [0.717, 1.165) is 29.9 Å². The molecule has 2 heteroatoms. The van der Waals surface area contributed by atoms with Crippen molar-refractivity contribution in [2.45, 2.75) is 12.8 Å². The van der Waals surface area contributed by atoms with Gasteiger partial charge in [-0.15, -0.1) is 11.3 Å². The second-order valence-electron chi connectivity index (χ2n) is 12.5. The Morgan fingerprint density at radius 1 is 0.417 bits per heavy atom. The predicted octanol–water partition coefficient (Wildman–Crippen LogP) is 13.2. The van der Waals surface area contributed by atoms with Crippen LogP contribution in [0.2, 0.25) is 0 Å². The first kappa shape index (κ1) is 28.5. The van der Waals surface area contributed by atoms with Crippen molar-refractivity contribution in [3.8, 4) is 22.3 Å². The molecule has 0 saturated carbocycles. The van der Waals surface area contributed by atoms with E-state index >= 15 is 0 Å². The van der Waals surface area contributed by atoms with Crippen LogP contribution >= 0.6 is 11.3 Å². The summed E-state index contributed by atoms with van der Waals surface area (Å²) in [6.07, 6.45) is 4.58. The number of hydrogen-bond acceptors (Lipinski definition) is 2. The molecule has 8 aromatic rings. The maximum absolute atomic E-state index is 2.40. The molecule has 48 heavy (non-hydrogen) atoms. The summed E-state index contributed by atoms with van der Waals surface area (Å²) in [5, 5.41) is 2.66. The van der Waals surface area contributed by atoms with Crippen LogP contribution in [0.25, 0.3) is 48.0 Å². The van der Waals surface area contributed by atoms with Crippen molar-refractivity contribution in [3.63, 3.8) is 0 Å². The summed E-state index contributed by atoms with van der Waals surface area (Å²) < 4.78 is 2.67. The smallest absolute Gasteiger partial charge is 0.0462 e. The third-order valence-corrected chi connectivity index (χ3v) is 10.7. The van der Waals surface area contributed by atoms with Crippen LogP contribution in [0.1, 0.15) is 23.1 Å². The number of aryl methyl sites for hydroxylation is 1. The number of hydrogen-bond donors (Lipinski definition) is 0. The molecule has 228 valence electrons. The first-order valence-electron chi connectivity index (χ1n) is 16.6. The number of thiophene rings is 1. The van der Waals surface area contributed by atoms with Gasteiger partial charge in [0.25, 0.3) is 0 Å². The Kier molecular flexibility index (Phi) is 7.22. The molecular weight excluding hydrogens is 599 g/mol. The summed E-state index contributed by atoms with van der Waals surface area (Å²) in [4.78, 5) is 2.36. The highest BCUT2D eigenvalue weighted by atomic mass is 32.1. The molecule has 0 radical (unpaired) electrons. The van der Waals surface area contributed by atoms with Gasteiger partial charge in [-0.2, -0.15) is 0 Å². The minimum Gasteiger partial charge on any atom is -0.311 e. The zero-order valence-electron chi connectivity index (χ0n) is 26.5. The first-order chi connectivity index (χ1) is 23.8. The van der Waals surface area contributed by atoms with E-state index in [1.54, 1.807) is 0 Å². The largest absolute Gasteiger partial charge is 0.311 e. The maximum atomic E-state index is 2.40. The fourth-order valence-electron chi connectivity index (χ4n) is 7.14. The number of rotatable bonds is 6. The Morgan fingerprint density at radius 3 is 1.69 bits per heavy atom. The van der Waals surface area contributed by atoms with Crippen molar-refractivity contribution in [1.29, 1.82) is 0 Å². The molecule has 0 atom stereocenters. The highest BCUT2D eigenvalue weighted by Gasteiger charge is 2.17. The molecular formula is C46H33NS. The van der Waals surface area contributed by atoms with Crippen LogP contribution in [0.4, 0.5) is 17.1 Å². The second kappa shape index (κ2) is 12.2. The Labute approximate surface area is 285 Å². The first-order valence-corrected chi connectivity index (χ1v) is 17.5. The summed E-state index contributed by atoms with van der Waals surface area (Å²) >= 11 is 1.86. The summed E-state index contributed by atoms with van der Waals surface area (Å²) in [7, 11) is 0. The van der Waals surface area contributed by atoms with Crippen LogP contribution in [0, 0.1) is 0 Å². The number of nitrogens with zero attached hydrogens (tertiary/aromatic N) is 1. The summed E-state index contributed by atoms with van der Waals surface area (Å²) in [6, 6.07) is 62.0. The lowest BCUT2D eigenvalue weighted by atomic mass is 9.87. The molecule has 7 aromatic carbocycles. The summed E-state index contributed by atoms with van der Waals surface area (Å²) in [6.45, 7) is 0. The van der Waals surface area contributed by atoms with Gasteiger partial charge in [-0.25, -0.2) is 0 Å². The number of allylic oxidation sites excluding steroid dienone is 1. The zero-order valence-corrected chi connectivity index (χ0v) is 27.3. The van der Waals surface area contributed by atoms with Gasteiger partial charge in [-0.3, -0.25) is 0 Å². The van der Waals surface area contributed by atoms with E-state index in [-0.39, 0.29) is 0 Å². The van der Waals surface area contributed by atoms with Gasteiger partial charge in [-0.05, 0) is 112 Å². The number of benzene rings is 7. The Morgan fingerprint density at radius 2 is 0.958 bits per heavy atom. The fourth-order valence-corrected chi connectivity index (χ4v) is 8.22. The van der Waals surface area contributed by atoms with Gasteiger partial charge in [0.1, 0.15) is 0 Å². The Hall–Kier alpha value is -5.70. The molecule has 1 aliphatic carbocycles. The van der Waals surface area contributed by atoms with Crippen LogP contribution in [0.15, 0.2) is 176 Å². The quantitative estimate of drug-likeness (QED) is 0.176. The van der Waals surface area contributed by atoms with E-state index in [4.69, 9.17) is 0 Å². The highest BCUT2D eigenvalue weighted by Crippen LogP contribution is 2.40. The van der Waals surface area contributed by atoms with Gasteiger partial charge in [-0.1, -0.05) is 121 Å². The monoisotopic (exact) mass is 631 g/mol. The lowest BCUT2D eigenvalue weighted by Gasteiger charge is -2.26. The Balaban J connectivity index is 1.09. The minimum absolute atomic E-state index is 1.08. The van der Waals surface area contributed by atoms with Gasteiger partial charge >= 0.3 is 0 Å². The third-order valence-electron chi connectivity index (χ3n) is 9.57. The van der Waals surface area contributed by atoms with Crippen molar-refractivity contribution in [3.05, 3.63) is 193 Å². The van der Waals surface area contributed by atoms with Crippen LogP contribution < -0.4 is 4.90 Å². The lowest BCUT2D eigenvalue weighted by Crippen LogP contribution is -2.10. The lowest BCUT2D eigenvalue weighted by molar-refractivity contribution is 0.978. The second-order valence-corrected chi connectivity index (χ2v) is 13.5. The van der Waals surface area contributed by atoms with Gasteiger partial charge in [0.15, 0.2) is 0 Å². The average Bonchev–Trinajstić information content (AvgIpc) is 3.54. The van der Waals surface area contributed by atoms with Gasteiger partial charge in [0.2, 0.25) is 0 Å². The van der Waals surface area contributed by atoms with E-state index in [2.05, 4.69) is 181 Å². The van der Waals surface area contributed by atoms with Gasteiger partial charge in [0, 0.05) is 37.2 Å². The Bertz CT molecular complexity index is 2420. The topological polar surface area (TPSA) is 3.24 Å². The van der Waals surface area contributed by atoms with Gasteiger partial charge in [0.05, 0.1) is 0 Å². The van der Waals surface area contributed by atoms with E-state index in [0.29, 0.717) is 0 Å². The summed E-state index contributed by atoms with van der Waals surface area (Å²) in [5.41, 5.74) is 13.7. The van der Waals surface area contributed by atoms with Crippen LogP contribution in [-0.2, 0) is 6.42 Å². The molecule has 0 amide bonds.